The number of esters is 1. The van der Waals surface area contributed by atoms with Gasteiger partial charge in [0.05, 0.1) is 6.61 Å². The van der Waals surface area contributed by atoms with Crippen molar-refractivity contribution < 1.29 is 23.8 Å². The van der Waals surface area contributed by atoms with Crippen molar-refractivity contribution in [3.63, 3.8) is 0 Å². The second-order valence-corrected chi connectivity index (χ2v) is 10.2. The van der Waals surface area contributed by atoms with Gasteiger partial charge in [-0.15, -0.1) is 0 Å². The number of ketones is 1. The van der Waals surface area contributed by atoms with Crippen molar-refractivity contribution in [3.05, 3.63) is 69.9 Å². The fourth-order valence-corrected chi connectivity index (χ4v) is 5.44. The van der Waals surface area contributed by atoms with Crippen molar-refractivity contribution in [2.24, 2.45) is 16.8 Å². The standard InChI is InChI=1S/C28H28ClNO5/c1-15(2)13-33-28(32)25-16(3)30-21-9-18(17-7-5-4-6-8-17)10-22(31)27(21)26(25)19-11-23-24(12-20(19)29)35-14-34-23/h4-8,11-12,15,18,25-26H,9-10,13-14H2,1-3H3/t18-,25?,26-/m0/s1. The molecule has 0 N–H and O–H groups in total. The molecule has 2 heterocycles. The van der Waals surface area contributed by atoms with Crippen LogP contribution in [0.2, 0.25) is 5.02 Å². The summed E-state index contributed by atoms with van der Waals surface area (Å²) in [5.74, 6) is -0.448. The summed E-state index contributed by atoms with van der Waals surface area (Å²) in [6.45, 7) is 6.19. The molecular formula is C28H28ClNO5. The van der Waals surface area contributed by atoms with Crippen LogP contribution in [0.5, 0.6) is 11.5 Å². The van der Waals surface area contributed by atoms with Gasteiger partial charge in [-0.2, -0.15) is 0 Å². The van der Waals surface area contributed by atoms with Crippen LogP contribution in [0.15, 0.2) is 58.7 Å². The molecule has 0 amide bonds. The first kappa shape index (κ1) is 23.6. The molecule has 6 nitrogen and oxygen atoms in total. The van der Waals surface area contributed by atoms with Gasteiger partial charge in [0.15, 0.2) is 17.3 Å². The third-order valence-corrected chi connectivity index (χ3v) is 7.13. The molecule has 5 rings (SSSR count). The predicted molar refractivity (Wildman–Crippen MR) is 133 cm³/mol. The van der Waals surface area contributed by atoms with Gasteiger partial charge in [-0.25, -0.2) is 0 Å². The molecule has 3 aliphatic rings. The van der Waals surface area contributed by atoms with E-state index >= 15 is 0 Å². The van der Waals surface area contributed by atoms with E-state index in [4.69, 9.17) is 30.8 Å². The zero-order valence-corrected chi connectivity index (χ0v) is 20.8. The Morgan fingerprint density at radius 1 is 1.14 bits per heavy atom. The van der Waals surface area contributed by atoms with E-state index in [2.05, 4.69) is 0 Å². The number of ether oxygens (including phenoxy) is 3. The third kappa shape index (κ3) is 4.47. The summed E-state index contributed by atoms with van der Waals surface area (Å²) in [7, 11) is 0. The summed E-state index contributed by atoms with van der Waals surface area (Å²) in [6.07, 6.45) is 0.971. The molecule has 2 aromatic rings. The second-order valence-electron chi connectivity index (χ2n) is 9.76. The highest BCUT2D eigenvalue weighted by Gasteiger charge is 2.46. The Balaban J connectivity index is 1.61. The zero-order chi connectivity index (χ0) is 24.7. The number of allylic oxidation sites excluding steroid dienone is 2. The molecule has 0 spiro atoms. The number of carbonyl (C=O) groups is 2. The molecule has 3 atom stereocenters. The molecular weight excluding hydrogens is 466 g/mol. The predicted octanol–water partition coefficient (Wildman–Crippen LogP) is 5.84. The fraction of sp³-hybridized carbons (Fsp3) is 0.393. The number of halogens is 1. The van der Waals surface area contributed by atoms with Gasteiger partial charge < -0.3 is 14.2 Å². The first-order chi connectivity index (χ1) is 16.8. The van der Waals surface area contributed by atoms with Gasteiger partial charge in [0.1, 0.15) is 5.92 Å². The molecule has 7 heteroatoms. The Morgan fingerprint density at radius 3 is 2.57 bits per heavy atom. The van der Waals surface area contributed by atoms with Crippen molar-refractivity contribution in [1.29, 1.82) is 0 Å². The van der Waals surface area contributed by atoms with E-state index < -0.39 is 17.8 Å². The molecule has 1 unspecified atom stereocenters. The third-order valence-electron chi connectivity index (χ3n) is 6.80. The molecule has 0 radical (unpaired) electrons. The number of hydrogen-bond donors (Lipinski definition) is 0. The van der Waals surface area contributed by atoms with Gasteiger partial charge in [-0.1, -0.05) is 55.8 Å². The molecule has 0 aromatic heterocycles. The first-order valence-corrected chi connectivity index (χ1v) is 12.3. The maximum absolute atomic E-state index is 13.7. The molecule has 1 aliphatic carbocycles. The van der Waals surface area contributed by atoms with Crippen molar-refractivity contribution >= 4 is 29.1 Å². The van der Waals surface area contributed by atoms with Gasteiger partial charge in [0.2, 0.25) is 6.79 Å². The summed E-state index contributed by atoms with van der Waals surface area (Å²) in [5.41, 5.74) is 3.65. The molecule has 2 aromatic carbocycles. The average Bonchev–Trinajstić information content (AvgIpc) is 3.28. The Morgan fingerprint density at radius 2 is 1.86 bits per heavy atom. The van der Waals surface area contributed by atoms with Crippen LogP contribution >= 0.6 is 11.6 Å². The number of carbonyl (C=O) groups excluding carboxylic acids is 2. The average molecular weight is 494 g/mol. The monoisotopic (exact) mass is 493 g/mol. The second kappa shape index (κ2) is 9.50. The van der Waals surface area contributed by atoms with Crippen molar-refractivity contribution in [2.45, 2.75) is 45.4 Å². The molecule has 2 aliphatic heterocycles. The lowest BCUT2D eigenvalue weighted by Gasteiger charge is -2.37. The molecule has 0 fully saturated rings. The molecule has 0 saturated heterocycles. The largest absolute Gasteiger partial charge is 0.465 e. The SMILES string of the molecule is CC1=NC2=C(C(=O)C[C@@H](c3ccccc3)C2)[C@@H](c2cc3c(cc2Cl)OCO3)C1C(=O)OCC(C)C. The van der Waals surface area contributed by atoms with E-state index in [0.717, 1.165) is 11.3 Å². The van der Waals surface area contributed by atoms with Crippen LogP contribution in [0, 0.1) is 11.8 Å². The highest BCUT2D eigenvalue weighted by Crippen LogP contribution is 2.50. The maximum Gasteiger partial charge on any atom is 0.315 e. The topological polar surface area (TPSA) is 74.2 Å². The molecule has 182 valence electrons. The van der Waals surface area contributed by atoms with Crippen LogP contribution in [0.25, 0.3) is 0 Å². The van der Waals surface area contributed by atoms with Crippen LogP contribution in [0.1, 0.15) is 56.6 Å². The van der Waals surface area contributed by atoms with Crippen LogP contribution < -0.4 is 9.47 Å². The lowest BCUT2D eigenvalue weighted by atomic mass is 9.69. The van der Waals surface area contributed by atoms with Crippen LogP contribution in [0.4, 0.5) is 0 Å². The van der Waals surface area contributed by atoms with Crippen LogP contribution in [-0.2, 0) is 14.3 Å². The Kier molecular flexibility index (Phi) is 6.41. The minimum Gasteiger partial charge on any atom is -0.465 e. The minimum atomic E-state index is -0.748. The first-order valence-electron chi connectivity index (χ1n) is 12.0. The normalized spacial score (nSPS) is 23.3. The number of aliphatic imine (C=N–C) groups is 1. The Labute approximate surface area is 209 Å². The smallest absolute Gasteiger partial charge is 0.315 e. The van der Waals surface area contributed by atoms with Gasteiger partial charge in [0, 0.05) is 40.4 Å². The summed E-state index contributed by atoms with van der Waals surface area (Å²) < 4.78 is 16.7. The number of Topliss-reactive ketones (excluding diaryl/α,β-unsaturated/α-hetero) is 1. The lowest BCUT2D eigenvalue weighted by Crippen LogP contribution is -2.38. The number of fused-ring (bicyclic) bond motifs is 1. The van der Waals surface area contributed by atoms with E-state index in [1.54, 1.807) is 12.1 Å². The van der Waals surface area contributed by atoms with Gasteiger partial charge in [0.25, 0.3) is 0 Å². The highest BCUT2D eigenvalue weighted by atomic mass is 35.5. The maximum atomic E-state index is 13.7. The van der Waals surface area contributed by atoms with Crippen molar-refractivity contribution in [1.82, 2.24) is 0 Å². The summed E-state index contributed by atoms with van der Waals surface area (Å²) >= 11 is 6.73. The highest BCUT2D eigenvalue weighted by molar-refractivity contribution is 6.32. The van der Waals surface area contributed by atoms with E-state index in [1.807, 2.05) is 51.1 Å². The van der Waals surface area contributed by atoms with E-state index in [1.165, 1.54) is 0 Å². The molecule has 35 heavy (non-hydrogen) atoms. The summed E-state index contributed by atoms with van der Waals surface area (Å²) in [4.78, 5) is 31.9. The zero-order valence-electron chi connectivity index (χ0n) is 20.0. The summed E-state index contributed by atoms with van der Waals surface area (Å²) in [6, 6.07) is 13.5. The number of rotatable bonds is 5. The minimum absolute atomic E-state index is 0.0169. The lowest BCUT2D eigenvalue weighted by molar-refractivity contribution is -0.147. The van der Waals surface area contributed by atoms with Crippen LogP contribution in [0.3, 0.4) is 0 Å². The van der Waals surface area contributed by atoms with Gasteiger partial charge in [-0.05, 0) is 42.4 Å². The van der Waals surface area contributed by atoms with E-state index in [9.17, 15) is 9.59 Å². The van der Waals surface area contributed by atoms with E-state index in [-0.39, 0.29) is 24.4 Å². The number of hydrogen-bond acceptors (Lipinski definition) is 6. The van der Waals surface area contributed by atoms with Gasteiger partial charge in [-0.3, -0.25) is 14.6 Å². The van der Waals surface area contributed by atoms with Gasteiger partial charge >= 0.3 is 5.97 Å². The summed E-state index contributed by atoms with van der Waals surface area (Å²) in [5, 5.41) is 0.417. The fourth-order valence-electron chi connectivity index (χ4n) is 5.17. The van der Waals surface area contributed by atoms with Crippen molar-refractivity contribution in [3.8, 4) is 11.5 Å². The number of nitrogens with zero attached hydrogens (tertiary/aromatic N) is 1. The Hall–Kier alpha value is -3.12. The van der Waals surface area contributed by atoms with Crippen LogP contribution in [-0.4, -0.2) is 30.9 Å². The number of benzene rings is 2. The molecule has 0 saturated carbocycles. The quantitative estimate of drug-likeness (QED) is 0.489. The Bertz CT molecular complexity index is 1230. The van der Waals surface area contributed by atoms with E-state index in [0.29, 0.717) is 52.8 Å². The van der Waals surface area contributed by atoms with Crippen molar-refractivity contribution in [2.75, 3.05) is 13.4 Å². The molecule has 0 bridgehead atoms.